The maximum absolute atomic E-state index is 10.9. The second-order valence-electron chi connectivity index (χ2n) is 19.6. The highest BCUT2D eigenvalue weighted by Gasteiger charge is 2.32. The summed E-state index contributed by atoms with van der Waals surface area (Å²) in [6.07, 6.45) is 10.8. The molecule has 2 N–H and O–H groups in total. The van der Waals surface area contributed by atoms with Crippen LogP contribution in [0.15, 0.2) is 292 Å². The minimum absolute atomic E-state index is 0.176. The van der Waals surface area contributed by atoms with Gasteiger partial charge in [-0.1, -0.05) is 231 Å². The Balaban J connectivity index is 1.21. The van der Waals surface area contributed by atoms with Crippen LogP contribution in [0, 0.1) is 0 Å². The molecule has 0 bridgehead atoms. The summed E-state index contributed by atoms with van der Waals surface area (Å²) in [4.78, 5) is 18.6. The van der Waals surface area contributed by atoms with Crippen molar-refractivity contribution in [3.63, 3.8) is 0 Å². The van der Waals surface area contributed by atoms with E-state index in [4.69, 9.17) is 0 Å². The van der Waals surface area contributed by atoms with Crippen LogP contribution in [-0.4, -0.2) is 30.1 Å². The van der Waals surface area contributed by atoms with Crippen LogP contribution in [0.1, 0.15) is 0 Å². The van der Waals surface area contributed by atoms with Gasteiger partial charge in [-0.15, -0.1) is 0 Å². The zero-order chi connectivity index (χ0) is 53.8. The van der Waals surface area contributed by atoms with Gasteiger partial charge in [0, 0.05) is 47.0 Å². The van der Waals surface area contributed by atoms with Crippen LogP contribution < -0.4 is 0 Å². The number of phenols is 2. The van der Waals surface area contributed by atoms with E-state index in [1.54, 1.807) is 36.9 Å². The number of hydrogen-bond donors (Lipinski definition) is 2. The van der Waals surface area contributed by atoms with Crippen LogP contribution in [0.2, 0.25) is 0 Å². The molecule has 0 aliphatic rings. The van der Waals surface area contributed by atoms with Crippen molar-refractivity contribution in [1.29, 1.82) is 0 Å². The Morgan fingerprint density at radius 1 is 0.163 bits per heavy atom. The highest BCUT2D eigenvalue weighted by molar-refractivity contribution is 6.17. The molecule has 80 heavy (non-hydrogen) atoms. The van der Waals surface area contributed by atoms with E-state index < -0.39 is 0 Å². The number of phenolic OH excluding ortho intramolecular Hbond substituents is 2. The van der Waals surface area contributed by atoms with Crippen LogP contribution in [0.5, 0.6) is 11.5 Å². The average Bonchev–Trinajstić information content (AvgIpc) is 3.73. The first-order valence-corrected chi connectivity index (χ1v) is 26.6. The Labute approximate surface area is 465 Å². The van der Waals surface area contributed by atoms with Crippen molar-refractivity contribution in [3.8, 4) is 145 Å². The Morgan fingerprint density at radius 2 is 0.312 bits per heavy atom. The molecule has 6 nitrogen and oxygen atoms in total. The molecule has 13 rings (SSSR count). The van der Waals surface area contributed by atoms with Gasteiger partial charge in [-0.05, 0) is 136 Å². The predicted molar refractivity (Wildman–Crippen MR) is 326 cm³/mol. The zero-order valence-electron chi connectivity index (χ0n) is 43.4. The standard InChI is InChI=1S/C74H50N4O2/c79-61-39-35-57(36-40-61)71-64(50-21-9-2-10-22-50)66(52-25-13-4-14-26-52)73(59-43-75-47-76-44-59)67(53-27-15-5-16-28-53)70(71)56-33-31-55(32-34-56)69-63(49-19-7-1-8-20-49)65(51-23-11-3-12-24-51)74(60-45-77-48-78-46-60)68(54-29-17-6-18-30-54)72(69)58-37-41-62(80)42-38-58/h1-48,79-80H. The molecular weight excluding hydrogens is 977 g/mol. The van der Waals surface area contributed by atoms with Crippen molar-refractivity contribution in [2.75, 3.05) is 0 Å². The molecule has 0 atom stereocenters. The normalized spacial score (nSPS) is 11.1. The van der Waals surface area contributed by atoms with Crippen LogP contribution in [0.4, 0.5) is 0 Å². The average molecular weight is 1030 g/mol. The van der Waals surface area contributed by atoms with Gasteiger partial charge in [-0.3, -0.25) is 0 Å². The van der Waals surface area contributed by atoms with Crippen molar-refractivity contribution in [2.24, 2.45) is 0 Å². The summed E-state index contributed by atoms with van der Waals surface area (Å²) in [5.74, 6) is 0.356. The minimum atomic E-state index is 0.176. The first-order valence-electron chi connectivity index (χ1n) is 26.6. The molecule has 0 spiro atoms. The van der Waals surface area contributed by atoms with Crippen LogP contribution in [0.25, 0.3) is 134 Å². The van der Waals surface area contributed by atoms with Crippen LogP contribution in [0.3, 0.4) is 0 Å². The molecule has 2 aromatic heterocycles. The lowest BCUT2D eigenvalue weighted by Gasteiger charge is -2.29. The van der Waals surface area contributed by atoms with Crippen molar-refractivity contribution in [2.45, 2.75) is 0 Å². The van der Waals surface area contributed by atoms with Crippen molar-refractivity contribution < 1.29 is 10.2 Å². The molecule has 0 saturated carbocycles. The summed E-state index contributed by atoms with van der Waals surface area (Å²) in [7, 11) is 0. The van der Waals surface area contributed by atoms with Crippen LogP contribution >= 0.6 is 0 Å². The molecule has 0 aliphatic heterocycles. The third kappa shape index (κ3) is 9.16. The van der Waals surface area contributed by atoms with Crippen molar-refractivity contribution in [1.82, 2.24) is 19.9 Å². The molecule has 378 valence electrons. The number of nitrogens with zero attached hydrogens (tertiary/aromatic N) is 4. The summed E-state index contributed by atoms with van der Waals surface area (Å²) in [6, 6.07) is 87.9. The van der Waals surface area contributed by atoms with Gasteiger partial charge in [0.05, 0.1) is 0 Å². The van der Waals surface area contributed by atoms with Gasteiger partial charge in [0.2, 0.25) is 0 Å². The maximum Gasteiger partial charge on any atom is 0.115 e. The van der Waals surface area contributed by atoms with E-state index in [0.29, 0.717) is 0 Å². The smallest absolute Gasteiger partial charge is 0.115 e. The predicted octanol–water partition coefficient (Wildman–Crippen LogP) is 18.7. The van der Waals surface area contributed by atoms with Gasteiger partial charge in [0.15, 0.2) is 0 Å². The lowest BCUT2D eigenvalue weighted by Crippen LogP contribution is -2.03. The molecule has 0 saturated heterocycles. The fourth-order valence-electron chi connectivity index (χ4n) is 11.5. The van der Waals surface area contributed by atoms with Gasteiger partial charge in [-0.25, -0.2) is 19.9 Å². The largest absolute Gasteiger partial charge is 0.508 e. The van der Waals surface area contributed by atoms with E-state index in [1.165, 1.54) is 0 Å². The van der Waals surface area contributed by atoms with Gasteiger partial charge in [-0.2, -0.15) is 0 Å². The number of aromatic hydroxyl groups is 2. The Kier molecular flexibility index (Phi) is 13.2. The SMILES string of the molecule is Oc1ccc(-c2c(-c3ccccc3)c(-c3ccccc3)c(-c3cncnc3)c(-c3ccccc3)c2-c2ccc(-c3c(-c4ccccc4)c(-c4ccccc4)c(-c4cncnc4)c(-c4ccccc4)c3-c3ccc(O)cc3)cc2)cc1. The number of rotatable bonds is 12. The van der Waals surface area contributed by atoms with Gasteiger partial charge < -0.3 is 10.2 Å². The van der Waals surface area contributed by atoms with Crippen LogP contribution in [-0.2, 0) is 0 Å². The molecule has 0 amide bonds. The van der Waals surface area contributed by atoms with E-state index in [-0.39, 0.29) is 11.5 Å². The second-order valence-corrected chi connectivity index (χ2v) is 19.6. The minimum Gasteiger partial charge on any atom is -0.508 e. The molecular formula is C74H50N4O2. The van der Waals surface area contributed by atoms with E-state index in [0.717, 1.165) is 134 Å². The molecule has 0 aliphatic carbocycles. The Hall–Kier alpha value is -10.8. The third-order valence-electron chi connectivity index (χ3n) is 14.8. The van der Waals surface area contributed by atoms with Gasteiger partial charge >= 0.3 is 0 Å². The molecule has 0 unspecified atom stereocenters. The highest BCUT2D eigenvalue weighted by atomic mass is 16.3. The fourth-order valence-corrected chi connectivity index (χ4v) is 11.5. The molecule has 11 aromatic carbocycles. The molecule has 0 fully saturated rings. The summed E-state index contributed by atoms with van der Waals surface area (Å²) >= 11 is 0. The zero-order valence-corrected chi connectivity index (χ0v) is 43.4. The molecule has 13 aromatic rings. The quantitative estimate of drug-likeness (QED) is 0.127. The van der Waals surface area contributed by atoms with Crippen molar-refractivity contribution in [3.05, 3.63) is 292 Å². The lowest BCUT2D eigenvalue weighted by molar-refractivity contribution is 0.475. The first-order chi connectivity index (χ1) is 39.6. The maximum atomic E-state index is 10.9. The highest BCUT2D eigenvalue weighted by Crippen LogP contribution is 2.58. The topological polar surface area (TPSA) is 92.0 Å². The number of benzene rings is 11. The van der Waals surface area contributed by atoms with E-state index in [2.05, 4.69) is 220 Å². The molecule has 2 heterocycles. The molecule has 0 radical (unpaired) electrons. The summed E-state index contributed by atoms with van der Waals surface area (Å²) in [5, 5.41) is 21.9. The van der Waals surface area contributed by atoms with E-state index >= 15 is 0 Å². The molecule has 6 heteroatoms. The number of hydrogen-bond acceptors (Lipinski definition) is 6. The summed E-state index contributed by atoms with van der Waals surface area (Å²) in [5.41, 5.74) is 23.8. The van der Waals surface area contributed by atoms with E-state index in [1.807, 2.05) is 55.1 Å². The second kappa shape index (κ2) is 21.7. The first kappa shape index (κ1) is 48.8. The summed E-state index contributed by atoms with van der Waals surface area (Å²) < 4.78 is 0. The lowest BCUT2D eigenvalue weighted by atomic mass is 9.73. The Bertz CT molecular complexity index is 3980. The van der Waals surface area contributed by atoms with E-state index in [9.17, 15) is 10.2 Å². The number of aromatic nitrogens is 4. The monoisotopic (exact) mass is 1030 g/mol. The van der Waals surface area contributed by atoms with Gasteiger partial charge in [0.25, 0.3) is 0 Å². The van der Waals surface area contributed by atoms with Gasteiger partial charge in [0.1, 0.15) is 24.2 Å². The third-order valence-corrected chi connectivity index (χ3v) is 14.8. The Morgan fingerprint density at radius 3 is 0.500 bits per heavy atom. The fraction of sp³-hybridized carbons (Fsp3) is 0. The summed E-state index contributed by atoms with van der Waals surface area (Å²) in [6.45, 7) is 0. The van der Waals surface area contributed by atoms with Crippen molar-refractivity contribution >= 4 is 0 Å².